The normalized spacial score (nSPS) is 9.69. The Morgan fingerprint density at radius 2 is 2.31 bits per heavy atom. The van der Waals surface area contributed by atoms with Crippen LogP contribution in [0.4, 0.5) is 4.79 Å². The Morgan fingerprint density at radius 1 is 1.62 bits per heavy atom. The van der Waals surface area contributed by atoms with Gasteiger partial charge in [0, 0.05) is 4.90 Å². The summed E-state index contributed by atoms with van der Waals surface area (Å²) in [6, 6.07) is 5.05. The van der Waals surface area contributed by atoms with Gasteiger partial charge in [0.05, 0.1) is 12.1 Å². The molecular formula is C8H8ClNO2S. The van der Waals surface area contributed by atoms with Gasteiger partial charge in [-0.05, 0) is 30.0 Å². The number of nitrogens with two attached hydrogens (primary N) is 1. The van der Waals surface area contributed by atoms with Crippen LogP contribution in [0, 0.1) is 0 Å². The van der Waals surface area contributed by atoms with Gasteiger partial charge in [0.15, 0.2) is 0 Å². The zero-order valence-electron chi connectivity index (χ0n) is 6.91. The molecule has 0 aliphatic heterocycles. The minimum Gasteiger partial charge on any atom is -0.495 e. The fraction of sp³-hybridized carbons (Fsp3) is 0.125. The largest absolute Gasteiger partial charge is 0.495 e. The number of halogens is 1. The summed E-state index contributed by atoms with van der Waals surface area (Å²) in [5, 5.41) is 0.00924. The first-order valence-corrected chi connectivity index (χ1v) is 4.63. The quantitative estimate of drug-likeness (QED) is 0.775. The Kier molecular flexibility index (Phi) is 3.45. The van der Waals surface area contributed by atoms with E-state index in [4.69, 9.17) is 22.1 Å². The molecule has 0 fully saturated rings. The number of hydrogen-bond donors (Lipinski definition) is 1. The number of hydrogen-bond acceptors (Lipinski definition) is 3. The average Bonchev–Trinajstić information content (AvgIpc) is 2.03. The highest BCUT2D eigenvalue weighted by atomic mass is 35.5. The minimum absolute atomic E-state index is 0.457. The molecule has 1 amide bonds. The average molecular weight is 218 g/mol. The van der Waals surface area contributed by atoms with E-state index in [1.165, 1.54) is 7.11 Å². The molecule has 13 heavy (non-hydrogen) atoms. The van der Waals surface area contributed by atoms with Crippen LogP contribution < -0.4 is 10.5 Å². The van der Waals surface area contributed by atoms with Crippen LogP contribution in [0.15, 0.2) is 23.1 Å². The first-order valence-electron chi connectivity index (χ1n) is 3.44. The number of benzene rings is 1. The zero-order valence-corrected chi connectivity index (χ0v) is 8.48. The molecule has 0 aromatic heterocycles. The summed E-state index contributed by atoms with van der Waals surface area (Å²) < 4.78 is 4.95. The summed E-state index contributed by atoms with van der Waals surface area (Å²) in [6.07, 6.45) is 0. The van der Waals surface area contributed by atoms with Gasteiger partial charge in [0.1, 0.15) is 5.75 Å². The number of rotatable bonds is 2. The Hall–Kier alpha value is -0.870. The first-order chi connectivity index (χ1) is 6.13. The van der Waals surface area contributed by atoms with Crippen molar-refractivity contribution in [3.63, 3.8) is 0 Å². The van der Waals surface area contributed by atoms with Gasteiger partial charge in [-0.2, -0.15) is 0 Å². The van der Waals surface area contributed by atoms with Crippen molar-refractivity contribution in [2.24, 2.45) is 5.73 Å². The summed E-state index contributed by atoms with van der Waals surface area (Å²) in [5.41, 5.74) is 4.99. The van der Waals surface area contributed by atoms with E-state index in [1.54, 1.807) is 18.2 Å². The molecule has 0 unspecified atom stereocenters. The first kappa shape index (κ1) is 10.2. The lowest BCUT2D eigenvalue weighted by molar-refractivity contribution is 0.267. The number of ether oxygens (including phenoxy) is 1. The number of methoxy groups -OCH3 is 1. The molecule has 0 radical (unpaired) electrons. The second kappa shape index (κ2) is 4.39. The number of primary amides is 1. The highest BCUT2D eigenvalue weighted by molar-refractivity contribution is 8.13. The molecule has 0 spiro atoms. The molecule has 1 aromatic carbocycles. The van der Waals surface area contributed by atoms with E-state index in [2.05, 4.69) is 0 Å². The second-order valence-corrected chi connectivity index (χ2v) is 3.70. The zero-order chi connectivity index (χ0) is 9.84. The molecule has 0 saturated carbocycles. The fourth-order valence-corrected chi connectivity index (χ4v) is 1.69. The maximum absolute atomic E-state index is 10.5. The monoisotopic (exact) mass is 217 g/mol. The van der Waals surface area contributed by atoms with Crippen LogP contribution in [0.2, 0.25) is 5.02 Å². The molecule has 1 rings (SSSR count). The van der Waals surface area contributed by atoms with Crippen LogP contribution in [0.25, 0.3) is 0 Å². The summed E-state index contributed by atoms with van der Waals surface area (Å²) in [7, 11) is 1.53. The maximum Gasteiger partial charge on any atom is 0.281 e. The number of thioether (sulfide) groups is 1. The summed E-state index contributed by atoms with van der Waals surface area (Å²) in [4.78, 5) is 11.3. The molecule has 0 saturated heterocycles. The summed E-state index contributed by atoms with van der Waals surface area (Å²) >= 11 is 6.75. The van der Waals surface area contributed by atoms with E-state index >= 15 is 0 Å². The molecule has 5 heteroatoms. The highest BCUT2D eigenvalue weighted by Crippen LogP contribution is 2.29. The molecule has 0 bridgehead atoms. The SMILES string of the molecule is COc1ccc(SC(N)=O)cc1Cl. The van der Waals surface area contributed by atoms with Crippen molar-refractivity contribution >= 4 is 28.6 Å². The predicted molar refractivity (Wildman–Crippen MR) is 53.4 cm³/mol. The molecule has 0 aliphatic rings. The molecule has 3 nitrogen and oxygen atoms in total. The van der Waals surface area contributed by atoms with Gasteiger partial charge in [-0.25, -0.2) is 0 Å². The Balaban J connectivity index is 2.89. The van der Waals surface area contributed by atoms with Crippen LogP contribution in [0.1, 0.15) is 0 Å². The van der Waals surface area contributed by atoms with Crippen molar-refractivity contribution in [3.8, 4) is 5.75 Å². The van der Waals surface area contributed by atoms with Crippen molar-refractivity contribution in [2.75, 3.05) is 7.11 Å². The molecule has 2 N–H and O–H groups in total. The van der Waals surface area contributed by atoms with Crippen LogP contribution >= 0.6 is 23.4 Å². The third kappa shape index (κ3) is 2.82. The topological polar surface area (TPSA) is 52.3 Å². The van der Waals surface area contributed by atoms with Gasteiger partial charge in [0.2, 0.25) is 0 Å². The number of carbonyl (C=O) groups excluding carboxylic acids is 1. The summed E-state index contributed by atoms with van der Waals surface area (Å²) in [5.74, 6) is 0.579. The van der Waals surface area contributed by atoms with E-state index in [9.17, 15) is 4.79 Å². The van der Waals surface area contributed by atoms with Gasteiger partial charge in [-0.3, -0.25) is 4.79 Å². The smallest absolute Gasteiger partial charge is 0.281 e. The molecule has 0 heterocycles. The Labute approximate surface area is 85.2 Å². The van der Waals surface area contributed by atoms with Gasteiger partial charge in [0.25, 0.3) is 5.24 Å². The third-order valence-electron chi connectivity index (χ3n) is 1.34. The highest BCUT2D eigenvalue weighted by Gasteiger charge is 2.04. The molecule has 0 atom stereocenters. The van der Waals surface area contributed by atoms with Crippen molar-refractivity contribution in [1.82, 2.24) is 0 Å². The minimum atomic E-state index is -0.457. The van der Waals surface area contributed by atoms with E-state index < -0.39 is 5.24 Å². The number of carbonyl (C=O) groups is 1. The predicted octanol–water partition coefficient (Wildman–Crippen LogP) is 2.52. The van der Waals surface area contributed by atoms with Crippen molar-refractivity contribution in [2.45, 2.75) is 4.90 Å². The van der Waals surface area contributed by atoms with Crippen molar-refractivity contribution in [1.29, 1.82) is 0 Å². The maximum atomic E-state index is 10.5. The lowest BCUT2D eigenvalue weighted by Crippen LogP contribution is -2.01. The standard InChI is InChI=1S/C8H8ClNO2S/c1-12-7-3-2-5(4-6(7)9)13-8(10)11/h2-4H,1H3,(H2,10,11). The van der Waals surface area contributed by atoms with Crippen LogP contribution in [0.3, 0.4) is 0 Å². The fourth-order valence-electron chi connectivity index (χ4n) is 0.827. The van der Waals surface area contributed by atoms with Crippen LogP contribution in [0.5, 0.6) is 5.75 Å². The lowest BCUT2D eigenvalue weighted by Gasteiger charge is -2.03. The Bertz CT molecular complexity index is 330. The van der Waals surface area contributed by atoms with E-state index in [0.29, 0.717) is 15.7 Å². The van der Waals surface area contributed by atoms with Gasteiger partial charge in [-0.1, -0.05) is 11.6 Å². The van der Waals surface area contributed by atoms with E-state index in [0.717, 1.165) is 11.8 Å². The van der Waals surface area contributed by atoms with Crippen molar-refractivity contribution in [3.05, 3.63) is 23.2 Å². The summed E-state index contributed by atoms with van der Waals surface area (Å²) in [6.45, 7) is 0. The second-order valence-electron chi connectivity index (χ2n) is 2.22. The van der Waals surface area contributed by atoms with Crippen LogP contribution in [-0.2, 0) is 0 Å². The molecule has 0 aliphatic carbocycles. The van der Waals surface area contributed by atoms with Gasteiger partial charge >= 0.3 is 0 Å². The Morgan fingerprint density at radius 3 is 2.77 bits per heavy atom. The third-order valence-corrected chi connectivity index (χ3v) is 2.33. The molecule has 70 valence electrons. The molecular weight excluding hydrogens is 210 g/mol. The van der Waals surface area contributed by atoms with Gasteiger partial charge < -0.3 is 10.5 Å². The lowest BCUT2D eigenvalue weighted by atomic mass is 10.3. The van der Waals surface area contributed by atoms with Crippen molar-refractivity contribution < 1.29 is 9.53 Å². The van der Waals surface area contributed by atoms with E-state index in [1.807, 2.05) is 0 Å². The number of amides is 1. The van der Waals surface area contributed by atoms with Crippen LogP contribution in [-0.4, -0.2) is 12.3 Å². The van der Waals surface area contributed by atoms with E-state index in [-0.39, 0.29) is 0 Å². The van der Waals surface area contributed by atoms with Gasteiger partial charge in [-0.15, -0.1) is 0 Å². The molecule has 1 aromatic rings.